The van der Waals surface area contributed by atoms with Crippen LogP contribution in [0.3, 0.4) is 0 Å². The highest BCUT2D eigenvalue weighted by atomic mass is 79.9. The monoisotopic (exact) mass is 652 g/mol. The molecule has 2 N–H and O–H groups in total. The van der Waals surface area contributed by atoms with Crippen molar-refractivity contribution in [1.29, 1.82) is 0 Å². The molecule has 2 fully saturated rings. The average Bonchev–Trinajstić information content (AvgIpc) is 2.97. The second-order valence-corrected chi connectivity index (χ2v) is 13.4. The summed E-state index contributed by atoms with van der Waals surface area (Å²) in [5.74, 6) is -2.07. The summed E-state index contributed by atoms with van der Waals surface area (Å²) in [7, 11) is -3.95. The fourth-order valence-electron chi connectivity index (χ4n) is 5.16. The highest BCUT2D eigenvalue weighted by molar-refractivity contribution is 9.10. The molecule has 0 aliphatic carbocycles. The number of carbonyl (C=O) groups is 1. The van der Waals surface area contributed by atoms with Crippen molar-refractivity contribution in [1.82, 2.24) is 19.4 Å². The molecule has 0 radical (unpaired) electrons. The molecular weight excluding hydrogens is 612 g/mol. The van der Waals surface area contributed by atoms with Crippen molar-refractivity contribution in [2.24, 2.45) is 5.92 Å². The third-order valence-electron chi connectivity index (χ3n) is 7.67. The Morgan fingerprint density at radius 2 is 1.51 bits per heavy atom. The molecular formula is C29H41BrN4O6S. The van der Waals surface area contributed by atoms with Crippen LogP contribution >= 0.6 is 15.9 Å². The van der Waals surface area contributed by atoms with Crippen molar-refractivity contribution in [3.8, 4) is 0 Å². The lowest BCUT2D eigenvalue weighted by Gasteiger charge is -2.33. The van der Waals surface area contributed by atoms with E-state index in [1.54, 1.807) is 24.3 Å². The van der Waals surface area contributed by atoms with Crippen LogP contribution in [0.1, 0.15) is 17.2 Å². The maximum atomic E-state index is 13.9. The van der Waals surface area contributed by atoms with Gasteiger partial charge in [0.15, 0.2) is 0 Å². The summed E-state index contributed by atoms with van der Waals surface area (Å²) in [6.45, 7) is 9.36. The molecule has 41 heavy (non-hydrogen) atoms. The first kappa shape index (κ1) is 32.0. The molecule has 0 aromatic heterocycles. The van der Waals surface area contributed by atoms with E-state index in [9.17, 15) is 18.3 Å². The van der Waals surface area contributed by atoms with Gasteiger partial charge < -0.3 is 19.9 Å². The normalized spacial score (nSPS) is 18.8. The van der Waals surface area contributed by atoms with Crippen LogP contribution in [0.15, 0.2) is 57.9 Å². The molecule has 10 nitrogen and oxygen atoms in total. The molecule has 226 valence electrons. The van der Waals surface area contributed by atoms with Gasteiger partial charge in [-0.1, -0.05) is 45.8 Å². The molecule has 12 heteroatoms. The van der Waals surface area contributed by atoms with Gasteiger partial charge in [-0.2, -0.15) is 4.31 Å². The van der Waals surface area contributed by atoms with E-state index in [-0.39, 0.29) is 18.0 Å². The standard InChI is InChI=1S/C29H41BrN4O6S/c1-23-2-8-26(9-3-23)41(37,38)34(13-12-33-16-20-40-21-17-33)22-27(29(35)36)28(24-4-6-25(30)7-5-24)31-10-11-32-14-18-39-19-15-32/h2-9,27-28,31H,10-22H2,1H3,(H,35,36). The number of hydrogen-bond acceptors (Lipinski definition) is 8. The minimum atomic E-state index is -3.95. The lowest BCUT2D eigenvalue weighted by atomic mass is 9.92. The number of aryl methyl sites for hydroxylation is 1. The van der Waals surface area contributed by atoms with Crippen molar-refractivity contribution in [2.75, 3.05) is 85.3 Å². The first-order valence-corrected chi connectivity index (χ1v) is 16.4. The van der Waals surface area contributed by atoms with E-state index >= 15 is 0 Å². The summed E-state index contributed by atoms with van der Waals surface area (Å²) < 4.78 is 41.0. The Bertz CT molecular complexity index is 1200. The number of morpholine rings is 2. The van der Waals surface area contributed by atoms with Gasteiger partial charge in [-0.15, -0.1) is 0 Å². The van der Waals surface area contributed by atoms with Crippen molar-refractivity contribution < 1.29 is 27.8 Å². The summed E-state index contributed by atoms with van der Waals surface area (Å²) in [5, 5.41) is 14.0. The minimum absolute atomic E-state index is 0.162. The largest absolute Gasteiger partial charge is 0.481 e. The quantitative estimate of drug-likeness (QED) is 0.318. The maximum absolute atomic E-state index is 13.9. The van der Waals surface area contributed by atoms with Crippen LogP contribution in [0.5, 0.6) is 0 Å². The number of sulfonamides is 1. The number of aliphatic carboxylic acids is 1. The average molecular weight is 654 g/mol. The number of nitrogens with zero attached hydrogens (tertiary/aromatic N) is 3. The fraction of sp³-hybridized carbons (Fsp3) is 0.552. The van der Waals surface area contributed by atoms with E-state index < -0.39 is 28.0 Å². The van der Waals surface area contributed by atoms with Crippen LogP contribution in [0.4, 0.5) is 0 Å². The topological polar surface area (TPSA) is 112 Å². The summed E-state index contributed by atoms with van der Waals surface area (Å²) in [6.07, 6.45) is 0. The van der Waals surface area contributed by atoms with Crippen molar-refractivity contribution in [3.63, 3.8) is 0 Å². The van der Waals surface area contributed by atoms with Gasteiger partial charge in [0.05, 0.1) is 37.2 Å². The summed E-state index contributed by atoms with van der Waals surface area (Å²) in [4.78, 5) is 17.5. The second-order valence-electron chi connectivity index (χ2n) is 10.5. The molecule has 2 unspecified atom stereocenters. The molecule has 0 spiro atoms. The van der Waals surface area contributed by atoms with Gasteiger partial charge in [0, 0.05) is 69.4 Å². The molecule has 2 aliphatic rings. The molecule has 2 saturated heterocycles. The fourth-order valence-corrected chi connectivity index (χ4v) is 6.88. The third-order valence-corrected chi connectivity index (χ3v) is 10.1. The Morgan fingerprint density at radius 1 is 0.951 bits per heavy atom. The Kier molecular flexibility index (Phi) is 12.1. The number of carboxylic acids is 1. The third kappa shape index (κ3) is 9.29. The second kappa shape index (κ2) is 15.5. The Morgan fingerprint density at radius 3 is 2.07 bits per heavy atom. The van der Waals surface area contributed by atoms with Crippen molar-refractivity contribution >= 4 is 31.9 Å². The highest BCUT2D eigenvalue weighted by Gasteiger charge is 2.36. The van der Waals surface area contributed by atoms with Crippen LogP contribution in [-0.4, -0.2) is 119 Å². The van der Waals surface area contributed by atoms with Gasteiger partial charge in [-0.05, 0) is 36.8 Å². The summed E-state index contributed by atoms with van der Waals surface area (Å²) in [5.41, 5.74) is 1.75. The number of halogens is 1. The molecule has 2 aliphatic heterocycles. The molecule has 2 aromatic carbocycles. The van der Waals surface area contributed by atoms with Crippen LogP contribution in [0, 0.1) is 12.8 Å². The zero-order valence-corrected chi connectivity index (χ0v) is 26.0. The first-order valence-electron chi connectivity index (χ1n) is 14.1. The van der Waals surface area contributed by atoms with Gasteiger partial charge in [0.2, 0.25) is 10.0 Å². The molecule has 2 heterocycles. The highest BCUT2D eigenvalue weighted by Crippen LogP contribution is 2.28. The Balaban J connectivity index is 1.59. The van der Waals surface area contributed by atoms with Gasteiger partial charge in [0.25, 0.3) is 0 Å². The molecule has 0 saturated carbocycles. The number of nitrogens with one attached hydrogen (secondary N) is 1. The summed E-state index contributed by atoms with van der Waals surface area (Å²) in [6, 6.07) is 13.6. The lowest BCUT2D eigenvalue weighted by molar-refractivity contribution is -0.143. The Hall–Kier alpha value is -1.90. The molecule has 0 bridgehead atoms. The van der Waals surface area contributed by atoms with E-state index in [1.165, 1.54) is 4.31 Å². The van der Waals surface area contributed by atoms with Crippen LogP contribution in [0.2, 0.25) is 0 Å². The maximum Gasteiger partial charge on any atom is 0.309 e. The number of rotatable bonds is 14. The molecule has 2 aromatic rings. The summed E-state index contributed by atoms with van der Waals surface area (Å²) >= 11 is 3.46. The smallest absolute Gasteiger partial charge is 0.309 e. The predicted octanol–water partition coefficient (Wildman–Crippen LogP) is 2.44. The molecule has 4 rings (SSSR count). The van der Waals surface area contributed by atoms with Gasteiger partial charge in [-0.25, -0.2) is 8.42 Å². The zero-order valence-electron chi connectivity index (χ0n) is 23.6. The van der Waals surface area contributed by atoms with Crippen LogP contribution in [-0.2, 0) is 24.3 Å². The predicted molar refractivity (Wildman–Crippen MR) is 160 cm³/mol. The number of ether oxygens (including phenoxy) is 2. The van der Waals surface area contributed by atoms with Crippen LogP contribution in [0.25, 0.3) is 0 Å². The number of carboxylic acid groups (broad SMARTS) is 1. The van der Waals surface area contributed by atoms with E-state index in [4.69, 9.17) is 9.47 Å². The number of hydrogen-bond donors (Lipinski definition) is 2. The van der Waals surface area contributed by atoms with Crippen molar-refractivity contribution in [3.05, 3.63) is 64.1 Å². The van der Waals surface area contributed by atoms with Crippen molar-refractivity contribution in [2.45, 2.75) is 17.9 Å². The van der Waals surface area contributed by atoms with Gasteiger partial charge in [-0.3, -0.25) is 14.6 Å². The van der Waals surface area contributed by atoms with Gasteiger partial charge >= 0.3 is 5.97 Å². The molecule has 0 amide bonds. The molecule has 2 atom stereocenters. The van der Waals surface area contributed by atoms with E-state index in [1.807, 2.05) is 31.2 Å². The number of benzene rings is 2. The SMILES string of the molecule is Cc1ccc(S(=O)(=O)N(CCN2CCOCC2)CC(C(=O)O)C(NCCN2CCOCC2)c2ccc(Br)cc2)cc1. The van der Waals surface area contributed by atoms with E-state index in [2.05, 4.69) is 31.0 Å². The minimum Gasteiger partial charge on any atom is -0.481 e. The lowest BCUT2D eigenvalue weighted by Crippen LogP contribution is -2.48. The van der Waals surface area contributed by atoms with E-state index in [0.717, 1.165) is 35.2 Å². The zero-order chi connectivity index (χ0) is 29.2. The van der Waals surface area contributed by atoms with Crippen LogP contribution < -0.4 is 5.32 Å². The van der Waals surface area contributed by atoms with Gasteiger partial charge in [0.1, 0.15) is 0 Å². The first-order chi connectivity index (χ1) is 19.7. The van der Waals surface area contributed by atoms with E-state index in [0.29, 0.717) is 52.6 Å². The Labute approximate surface area is 251 Å².